The number of fused-ring (bicyclic) bond motifs is 1. The van der Waals surface area contributed by atoms with Crippen molar-refractivity contribution < 1.29 is 9.18 Å². The fourth-order valence-corrected chi connectivity index (χ4v) is 4.41. The molecule has 1 N–H and O–H groups in total. The highest BCUT2D eigenvalue weighted by Crippen LogP contribution is 2.28. The lowest BCUT2D eigenvalue weighted by Gasteiger charge is -2.33. The smallest absolute Gasteiger partial charge is 0.225 e. The van der Waals surface area contributed by atoms with Crippen LogP contribution in [-0.4, -0.2) is 38.7 Å². The molecular formula is C26H27FN6O. The van der Waals surface area contributed by atoms with Gasteiger partial charge in [-0.25, -0.2) is 19.0 Å². The normalized spacial score (nSPS) is 16.1. The SMILES string of the molecule is CCc1ccc(CNC(=O)[C@@H]2CCCN(c3ncnc4nn(-c5ccc(F)cc5)cc34)C2)cc1. The number of benzene rings is 2. The molecule has 7 nitrogen and oxygen atoms in total. The van der Waals surface area contributed by atoms with Crippen LogP contribution < -0.4 is 10.2 Å². The van der Waals surface area contributed by atoms with Crippen molar-refractivity contribution in [1.82, 2.24) is 25.1 Å². The van der Waals surface area contributed by atoms with Crippen molar-refractivity contribution in [2.75, 3.05) is 18.0 Å². The van der Waals surface area contributed by atoms with Crippen molar-refractivity contribution in [3.8, 4) is 5.69 Å². The van der Waals surface area contributed by atoms with Gasteiger partial charge in [-0.05, 0) is 54.7 Å². The van der Waals surface area contributed by atoms with Crippen LogP contribution in [0.4, 0.5) is 10.2 Å². The summed E-state index contributed by atoms with van der Waals surface area (Å²) < 4.78 is 15.0. The first kappa shape index (κ1) is 22.0. The number of hydrogen-bond acceptors (Lipinski definition) is 5. The van der Waals surface area contributed by atoms with Crippen LogP contribution in [0.3, 0.4) is 0 Å². The van der Waals surface area contributed by atoms with Gasteiger partial charge in [0.15, 0.2) is 5.65 Å². The van der Waals surface area contributed by atoms with Gasteiger partial charge in [0.25, 0.3) is 0 Å². The molecule has 0 saturated carbocycles. The van der Waals surface area contributed by atoms with E-state index < -0.39 is 0 Å². The molecule has 1 aliphatic heterocycles. The Morgan fingerprint density at radius 2 is 1.85 bits per heavy atom. The van der Waals surface area contributed by atoms with E-state index in [9.17, 15) is 9.18 Å². The first-order valence-corrected chi connectivity index (χ1v) is 11.7. The minimum atomic E-state index is -0.295. The van der Waals surface area contributed by atoms with Gasteiger partial charge in [0.2, 0.25) is 5.91 Å². The Morgan fingerprint density at radius 1 is 1.09 bits per heavy atom. The molecule has 174 valence electrons. The summed E-state index contributed by atoms with van der Waals surface area (Å²) in [6.07, 6.45) is 6.12. The number of aryl methyl sites for hydroxylation is 1. The standard InChI is InChI=1S/C26H27FN6O/c1-2-18-5-7-19(8-6-18)14-28-26(34)20-4-3-13-32(15-20)25-23-16-33(31-24(23)29-17-30-25)22-11-9-21(27)10-12-22/h5-12,16-17,20H,2-4,13-15H2,1H3,(H,28,34)/t20-/m1/s1. The van der Waals surface area contributed by atoms with E-state index in [1.165, 1.54) is 24.0 Å². The van der Waals surface area contributed by atoms with Crippen LogP contribution >= 0.6 is 0 Å². The number of carbonyl (C=O) groups excluding carboxylic acids is 1. The number of nitrogens with one attached hydrogen (secondary N) is 1. The third-order valence-corrected chi connectivity index (χ3v) is 6.38. The molecule has 5 rings (SSSR count). The molecule has 2 aromatic carbocycles. The molecule has 1 saturated heterocycles. The molecule has 1 aliphatic rings. The lowest BCUT2D eigenvalue weighted by atomic mass is 9.97. The molecular weight excluding hydrogens is 431 g/mol. The van der Waals surface area contributed by atoms with Crippen LogP contribution in [0.15, 0.2) is 61.1 Å². The van der Waals surface area contributed by atoms with E-state index in [1.807, 2.05) is 6.20 Å². The average Bonchev–Trinajstić information content (AvgIpc) is 3.32. The first-order chi connectivity index (χ1) is 16.6. The zero-order valence-corrected chi connectivity index (χ0v) is 19.1. The Kier molecular flexibility index (Phi) is 6.20. The van der Waals surface area contributed by atoms with Crippen molar-refractivity contribution in [1.29, 1.82) is 0 Å². The largest absolute Gasteiger partial charge is 0.355 e. The van der Waals surface area contributed by atoms with Crippen LogP contribution in [0.25, 0.3) is 16.7 Å². The highest BCUT2D eigenvalue weighted by atomic mass is 19.1. The molecule has 4 aromatic rings. The number of piperidine rings is 1. The zero-order valence-electron chi connectivity index (χ0n) is 19.1. The molecule has 0 spiro atoms. The van der Waals surface area contributed by atoms with Crippen molar-refractivity contribution in [3.63, 3.8) is 0 Å². The third kappa shape index (κ3) is 4.62. The van der Waals surface area contributed by atoms with E-state index in [4.69, 9.17) is 0 Å². The molecule has 0 aliphatic carbocycles. The van der Waals surface area contributed by atoms with E-state index in [2.05, 4.69) is 56.5 Å². The van der Waals surface area contributed by atoms with Crippen LogP contribution in [0, 0.1) is 11.7 Å². The van der Waals surface area contributed by atoms with Gasteiger partial charge in [-0.3, -0.25) is 4.79 Å². The molecule has 1 amide bonds. The first-order valence-electron chi connectivity index (χ1n) is 11.7. The number of rotatable bonds is 6. The summed E-state index contributed by atoms with van der Waals surface area (Å²) in [6, 6.07) is 14.5. The lowest BCUT2D eigenvalue weighted by molar-refractivity contribution is -0.125. The van der Waals surface area contributed by atoms with Gasteiger partial charge in [0, 0.05) is 25.8 Å². The second-order valence-corrected chi connectivity index (χ2v) is 8.66. The second kappa shape index (κ2) is 9.59. The fourth-order valence-electron chi connectivity index (χ4n) is 4.41. The van der Waals surface area contributed by atoms with Gasteiger partial charge >= 0.3 is 0 Å². The highest BCUT2D eigenvalue weighted by molar-refractivity contribution is 5.87. The van der Waals surface area contributed by atoms with Gasteiger partial charge in [-0.1, -0.05) is 31.2 Å². The topological polar surface area (TPSA) is 75.9 Å². The summed E-state index contributed by atoms with van der Waals surface area (Å²) >= 11 is 0. The molecule has 0 radical (unpaired) electrons. The Bertz CT molecular complexity index is 1290. The molecule has 3 heterocycles. The number of aromatic nitrogens is 4. The van der Waals surface area contributed by atoms with E-state index in [0.717, 1.165) is 48.3 Å². The van der Waals surface area contributed by atoms with Crippen LogP contribution in [0.1, 0.15) is 30.9 Å². The molecule has 8 heteroatoms. The number of amides is 1. The van der Waals surface area contributed by atoms with Gasteiger partial charge in [-0.2, -0.15) is 0 Å². The van der Waals surface area contributed by atoms with Gasteiger partial charge in [0.1, 0.15) is 18.0 Å². The maximum atomic E-state index is 13.3. The molecule has 1 fully saturated rings. The summed E-state index contributed by atoms with van der Waals surface area (Å²) in [5.74, 6) is 0.431. The summed E-state index contributed by atoms with van der Waals surface area (Å²) in [5, 5.41) is 8.44. The van der Waals surface area contributed by atoms with Crippen LogP contribution in [0.5, 0.6) is 0 Å². The van der Waals surface area contributed by atoms with E-state index >= 15 is 0 Å². The molecule has 34 heavy (non-hydrogen) atoms. The van der Waals surface area contributed by atoms with Crippen LogP contribution in [-0.2, 0) is 17.8 Å². The molecule has 1 atom stereocenters. The highest BCUT2D eigenvalue weighted by Gasteiger charge is 2.28. The number of nitrogens with zero attached hydrogens (tertiary/aromatic N) is 5. The van der Waals surface area contributed by atoms with Gasteiger partial charge in [-0.15, -0.1) is 5.10 Å². The minimum absolute atomic E-state index is 0.0663. The van der Waals surface area contributed by atoms with Crippen molar-refractivity contribution >= 4 is 22.8 Å². The van der Waals surface area contributed by atoms with Gasteiger partial charge in [0.05, 0.1) is 17.0 Å². The van der Waals surface area contributed by atoms with Crippen molar-refractivity contribution in [2.24, 2.45) is 5.92 Å². The summed E-state index contributed by atoms with van der Waals surface area (Å²) in [4.78, 5) is 23.9. The van der Waals surface area contributed by atoms with E-state index in [1.54, 1.807) is 16.8 Å². The van der Waals surface area contributed by atoms with Crippen molar-refractivity contribution in [2.45, 2.75) is 32.7 Å². The maximum Gasteiger partial charge on any atom is 0.225 e. The lowest BCUT2D eigenvalue weighted by Crippen LogP contribution is -2.43. The molecule has 0 unspecified atom stereocenters. The second-order valence-electron chi connectivity index (χ2n) is 8.66. The minimum Gasteiger partial charge on any atom is -0.355 e. The summed E-state index contributed by atoms with van der Waals surface area (Å²) in [5.41, 5.74) is 3.70. The van der Waals surface area contributed by atoms with Gasteiger partial charge < -0.3 is 10.2 Å². The summed E-state index contributed by atoms with van der Waals surface area (Å²) in [7, 11) is 0. The number of halogens is 1. The average molecular weight is 459 g/mol. The molecule has 2 aromatic heterocycles. The van der Waals surface area contributed by atoms with Crippen LogP contribution in [0.2, 0.25) is 0 Å². The Balaban J connectivity index is 1.30. The number of hydrogen-bond donors (Lipinski definition) is 1. The predicted molar refractivity (Wildman–Crippen MR) is 129 cm³/mol. The fraction of sp³-hybridized carbons (Fsp3) is 0.308. The third-order valence-electron chi connectivity index (χ3n) is 6.38. The summed E-state index contributed by atoms with van der Waals surface area (Å²) in [6.45, 7) is 4.07. The molecule has 0 bridgehead atoms. The van der Waals surface area contributed by atoms with E-state index in [-0.39, 0.29) is 17.6 Å². The van der Waals surface area contributed by atoms with E-state index in [0.29, 0.717) is 18.7 Å². The predicted octanol–water partition coefficient (Wildman–Crippen LogP) is 4.05. The zero-order chi connectivity index (χ0) is 23.5. The number of carbonyl (C=O) groups is 1. The Labute approximate surface area is 197 Å². The number of anilines is 1. The Morgan fingerprint density at radius 3 is 2.62 bits per heavy atom. The maximum absolute atomic E-state index is 13.3. The Hall–Kier alpha value is -3.81. The quantitative estimate of drug-likeness (QED) is 0.472. The monoisotopic (exact) mass is 458 g/mol. The van der Waals surface area contributed by atoms with Crippen molar-refractivity contribution in [3.05, 3.63) is 78.0 Å².